The monoisotopic (exact) mass is 726 g/mol. The second-order valence-corrected chi connectivity index (χ2v) is 12.9. The van der Waals surface area contributed by atoms with E-state index in [4.69, 9.17) is 0 Å². The van der Waals surface area contributed by atoms with Gasteiger partial charge in [-0.05, 0) is 62.2 Å². The van der Waals surface area contributed by atoms with Crippen molar-refractivity contribution in [2.75, 3.05) is 6.61 Å². The predicted octanol–water partition coefficient (Wildman–Crippen LogP) is 11.1. The van der Waals surface area contributed by atoms with E-state index in [9.17, 15) is 65.9 Å². The molecule has 0 N–H and O–H groups in total. The summed E-state index contributed by atoms with van der Waals surface area (Å²) in [5.41, 5.74) is -13.2. The van der Waals surface area contributed by atoms with Crippen molar-refractivity contribution >= 4 is 0 Å². The molecule has 3 fully saturated rings. The Labute approximate surface area is 259 Å². The lowest BCUT2D eigenvalue weighted by atomic mass is 9.64. The Bertz CT molecular complexity index is 960. The van der Waals surface area contributed by atoms with Crippen molar-refractivity contribution in [3.05, 3.63) is 0 Å². The summed E-state index contributed by atoms with van der Waals surface area (Å²) in [6.07, 6.45) is -32.7. The summed E-state index contributed by atoms with van der Waals surface area (Å²) >= 11 is 0. The summed E-state index contributed by atoms with van der Waals surface area (Å²) in [6, 6.07) is 0. The highest BCUT2D eigenvalue weighted by Crippen LogP contribution is 2.65. The fourth-order valence-corrected chi connectivity index (χ4v) is 7.61. The van der Waals surface area contributed by atoms with Gasteiger partial charge in [0, 0.05) is 5.92 Å². The van der Waals surface area contributed by atoms with Crippen molar-refractivity contribution in [2.45, 2.75) is 138 Å². The normalized spacial score (nSPS) is 30.1. The molecular weight excluding hydrogens is 691 g/mol. The van der Waals surface area contributed by atoms with Crippen molar-refractivity contribution in [2.24, 2.45) is 29.6 Å². The Balaban J connectivity index is 1.89. The Hall–Kier alpha value is -1.27. The van der Waals surface area contributed by atoms with Crippen LogP contribution in [0.15, 0.2) is 0 Å². The zero-order valence-corrected chi connectivity index (χ0v) is 24.9. The van der Waals surface area contributed by atoms with E-state index in [1.807, 2.05) is 6.92 Å². The van der Waals surface area contributed by atoms with Crippen molar-refractivity contribution in [1.29, 1.82) is 0 Å². The minimum absolute atomic E-state index is 0.0528. The van der Waals surface area contributed by atoms with Gasteiger partial charge >= 0.3 is 48.0 Å². The van der Waals surface area contributed by atoms with Gasteiger partial charge < -0.3 is 9.47 Å². The lowest BCUT2D eigenvalue weighted by Crippen LogP contribution is -2.83. The molecule has 1 heterocycles. The Morgan fingerprint density at radius 3 is 1.43 bits per heavy atom. The average molecular weight is 727 g/mol. The third-order valence-electron chi connectivity index (χ3n) is 10.2. The van der Waals surface area contributed by atoms with Gasteiger partial charge in [0.1, 0.15) is 6.10 Å². The van der Waals surface area contributed by atoms with Gasteiger partial charge in [0.25, 0.3) is 0 Å². The molecule has 2 aliphatic carbocycles. The lowest BCUT2D eigenvalue weighted by molar-refractivity contribution is -0.527. The van der Waals surface area contributed by atoms with Gasteiger partial charge in [-0.2, -0.15) is 74.6 Å². The standard InChI is InChI=1S/C28H35F17O2/c1-2-3-4-5-15-6-8-16(9-7-15)17-10-12-18(13-11-17)19(14-46-23(26(37,38)39,27(40,41)42)28(43,44)45)20-21(29,30)22(47-20,24(31,32)33)25(34,35)36/h15-20H,2-14H2,1H3. The highest BCUT2D eigenvalue weighted by Gasteiger charge is 2.93. The molecule has 0 radical (unpaired) electrons. The first-order chi connectivity index (χ1) is 21.2. The molecule has 2 unspecified atom stereocenters. The summed E-state index contributed by atoms with van der Waals surface area (Å²) < 4.78 is 239. The van der Waals surface area contributed by atoms with E-state index in [0.717, 1.165) is 51.4 Å². The van der Waals surface area contributed by atoms with Crippen LogP contribution in [0.5, 0.6) is 0 Å². The molecule has 278 valence electrons. The van der Waals surface area contributed by atoms with Gasteiger partial charge in [0.05, 0.1) is 6.61 Å². The van der Waals surface area contributed by atoms with Gasteiger partial charge in [-0.15, -0.1) is 0 Å². The average Bonchev–Trinajstić information content (AvgIpc) is 2.88. The zero-order chi connectivity index (χ0) is 36.1. The first-order valence-electron chi connectivity index (χ1n) is 15.2. The van der Waals surface area contributed by atoms with Crippen LogP contribution in [-0.2, 0) is 9.47 Å². The molecule has 47 heavy (non-hydrogen) atoms. The molecule has 0 bridgehead atoms. The third kappa shape index (κ3) is 7.17. The van der Waals surface area contributed by atoms with Crippen LogP contribution >= 0.6 is 0 Å². The molecule has 0 aromatic rings. The largest absolute Gasteiger partial charge is 0.435 e. The van der Waals surface area contributed by atoms with Crippen LogP contribution in [-0.4, -0.2) is 60.7 Å². The Morgan fingerprint density at radius 1 is 0.638 bits per heavy atom. The molecule has 0 spiro atoms. The summed E-state index contributed by atoms with van der Waals surface area (Å²) in [4.78, 5) is 0. The smallest absolute Gasteiger partial charge is 0.351 e. The van der Waals surface area contributed by atoms with Crippen LogP contribution in [0.3, 0.4) is 0 Å². The van der Waals surface area contributed by atoms with Crippen molar-refractivity contribution in [3.8, 4) is 0 Å². The topological polar surface area (TPSA) is 18.5 Å². The molecule has 2 atom stereocenters. The quantitative estimate of drug-likeness (QED) is 0.165. The molecule has 1 saturated heterocycles. The van der Waals surface area contributed by atoms with Crippen molar-refractivity contribution in [1.82, 2.24) is 0 Å². The fourth-order valence-electron chi connectivity index (χ4n) is 7.61. The Kier molecular flexibility index (Phi) is 11.5. The maximum absolute atomic E-state index is 15.1. The highest BCUT2D eigenvalue weighted by molar-refractivity contribution is 5.19. The second kappa shape index (κ2) is 13.5. The van der Waals surface area contributed by atoms with E-state index in [1.54, 1.807) is 0 Å². The maximum Gasteiger partial charge on any atom is 0.435 e. The number of hydrogen-bond acceptors (Lipinski definition) is 2. The number of hydrogen-bond donors (Lipinski definition) is 0. The van der Waals surface area contributed by atoms with Gasteiger partial charge in [0.15, 0.2) is 0 Å². The molecule has 2 nitrogen and oxygen atoms in total. The SMILES string of the molecule is CCCCCC1CCC(C2CCC(C(COC(C(F)(F)F)(C(F)(F)F)C(F)(F)F)C3OC(C(F)(F)F)(C(F)(F)F)C3(F)F)CC2)CC1. The number of rotatable bonds is 10. The molecule has 3 rings (SSSR count). The van der Waals surface area contributed by atoms with Gasteiger partial charge in [-0.3, -0.25) is 0 Å². The number of alkyl halides is 17. The van der Waals surface area contributed by atoms with Crippen LogP contribution < -0.4 is 0 Å². The van der Waals surface area contributed by atoms with E-state index in [2.05, 4.69) is 9.47 Å². The molecule has 0 aromatic heterocycles. The van der Waals surface area contributed by atoms with Gasteiger partial charge in [-0.25, -0.2) is 0 Å². The number of halogens is 17. The summed E-state index contributed by atoms with van der Waals surface area (Å²) in [5, 5.41) is 0. The summed E-state index contributed by atoms with van der Waals surface area (Å²) in [7, 11) is 0. The Morgan fingerprint density at radius 2 is 1.06 bits per heavy atom. The van der Waals surface area contributed by atoms with Crippen LogP contribution in [0, 0.1) is 29.6 Å². The molecule has 0 aromatic carbocycles. The van der Waals surface area contributed by atoms with Crippen LogP contribution in [0.2, 0.25) is 0 Å². The van der Waals surface area contributed by atoms with E-state index in [-0.39, 0.29) is 24.7 Å². The highest BCUT2D eigenvalue weighted by atomic mass is 19.4. The summed E-state index contributed by atoms with van der Waals surface area (Å²) in [6.45, 7) is -0.534. The van der Waals surface area contributed by atoms with Crippen molar-refractivity contribution < 1.29 is 84.1 Å². The first kappa shape index (κ1) is 40.2. The zero-order valence-electron chi connectivity index (χ0n) is 24.9. The lowest BCUT2D eigenvalue weighted by Gasteiger charge is -2.57. The fraction of sp³-hybridized carbons (Fsp3) is 1.00. The van der Waals surface area contributed by atoms with E-state index in [1.165, 1.54) is 0 Å². The molecule has 19 heteroatoms. The van der Waals surface area contributed by atoms with E-state index >= 15 is 8.78 Å². The minimum Gasteiger partial charge on any atom is -0.351 e. The molecular formula is C28H35F17O2. The first-order valence-corrected chi connectivity index (χ1v) is 15.2. The van der Waals surface area contributed by atoms with Crippen LogP contribution in [0.25, 0.3) is 0 Å². The van der Waals surface area contributed by atoms with E-state index in [0.29, 0.717) is 5.92 Å². The van der Waals surface area contributed by atoms with E-state index < -0.39 is 85.4 Å². The molecule has 1 aliphatic heterocycles. The molecule has 3 aliphatic rings. The molecule has 2 saturated carbocycles. The van der Waals surface area contributed by atoms with Crippen molar-refractivity contribution in [3.63, 3.8) is 0 Å². The maximum atomic E-state index is 15.1. The summed E-state index contributed by atoms with van der Waals surface area (Å²) in [5.74, 6) is -10.2. The second-order valence-electron chi connectivity index (χ2n) is 12.9. The number of unbranched alkanes of at least 4 members (excludes halogenated alkanes) is 2. The predicted molar refractivity (Wildman–Crippen MR) is 130 cm³/mol. The third-order valence-corrected chi connectivity index (χ3v) is 10.2. The van der Waals surface area contributed by atoms with Crippen LogP contribution in [0.4, 0.5) is 74.6 Å². The number of ether oxygens (including phenoxy) is 2. The molecule has 0 amide bonds. The minimum atomic E-state index is -7.31. The van der Waals surface area contributed by atoms with Crippen LogP contribution in [0.1, 0.15) is 84.0 Å². The van der Waals surface area contributed by atoms with Gasteiger partial charge in [0.2, 0.25) is 0 Å². The van der Waals surface area contributed by atoms with Gasteiger partial charge in [-0.1, -0.05) is 45.4 Å².